The summed E-state index contributed by atoms with van der Waals surface area (Å²) in [7, 11) is 0. The molecule has 7 nitrogen and oxygen atoms in total. The summed E-state index contributed by atoms with van der Waals surface area (Å²) in [4.78, 5) is 33.8. The van der Waals surface area contributed by atoms with E-state index in [9.17, 15) is 14.7 Å². The van der Waals surface area contributed by atoms with Gasteiger partial charge >= 0.3 is 12.0 Å². The van der Waals surface area contributed by atoms with Crippen LogP contribution in [0.25, 0.3) is 0 Å². The molecule has 3 rings (SSSR count). The smallest absolute Gasteiger partial charge is 0.317 e. The average Bonchev–Trinajstić information content (AvgIpc) is 3.39. The fourth-order valence-electron chi connectivity index (χ4n) is 3.17. The van der Waals surface area contributed by atoms with Crippen molar-refractivity contribution in [3.8, 4) is 0 Å². The van der Waals surface area contributed by atoms with E-state index in [1.54, 1.807) is 4.90 Å². The average molecular weight is 332 g/mol. The van der Waals surface area contributed by atoms with Crippen LogP contribution in [0, 0.1) is 11.8 Å². The van der Waals surface area contributed by atoms with Crippen molar-refractivity contribution >= 4 is 12.0 Å². The van der Waals surface area contributed by atoms with Gasteiger partial charge in [-0.25, -0.2) is 14.8 Å². The van der Waals surface area contributed by atoms with Crippen molar-refractivity contribution in [3.05, 3.63) is 23.8 Å². The van der Waals surface area contributed by atoms with Crippen molar-refractivity contribution in [2.75, 3.05) is 19.6 Å². The zero-order chi connectivity index (χ0) is 17.1. The van der Waals surface area contributed by atoms with Crippen molar-refractivity contribution in [3.63, 3.8) is 0 Å². The number of aromatic nitrogens is 2. The number of amides is 2. The summed E-state index contributed by atoms with van der Waals surface area (Å²) in [5.41, 5.74) is 0.995. The van der Waals surface area contributed by atoms with Crippen molar-refractivity contribution in [2.24, 2.45) is 11.8 Å². The number of urea groups is 1. The van der Waals surface area contributed by atoms with Crippen molar-refractivity contribution in [2.45, 2.75) is 38.5 Å². The summed E-state index contributed by atoms with van der Waals surface area (Å²) in [6, 6.07) is -0.191. The van der Waals surface area contributed by atoms with Crippen molar-refractivity contribution in [1.29, 1.82) is 0 Å². The largest absolute Gasteiger partial charge is 0.481 e. The Labute approximate surface area is 141 Å². The molecule has 1 aliphatic carbocycles. The zero-order valence-corrected chi connectivity index (χ0v) is 13.9. The molecule has 1 saturated carbocycles. The Morgan fingerprint density at radius 2 is 2.00 bits per heavy atom. The highest BCUT2D eigenvalue weighted by molar-refractivity contribution is 5.76. The van der Waals surface area contributed by atoms with Gasteiger partial charge < -0.3 is 15.3 Å². The van der Waals surface area contributed by atoms with E-state index < -0.39 is 11.9 Å². The Balaban J connectivity index is 1.45. The topological polar surface area (TPSA) is 95.4 Å². The van der Waals surface area contributed by atoms with Crippen molar-refractivity contribution in [1.82, 2.24) is 20.2 Å². The predicted octanol–water partition coefficient (Wildman–Crippen LogP) is 1.65. The fraction of sp³-hybridized carbons (Fsp3) is 0.647. The van der Waals surface area contributed by atoms with Crippen LogP contribution in [0.5, 0.6) is 0 Å². The van der Waals surface area contributed by atoms with Crippen LogP contribution < -0.4 is 5.32 Å². The second-order valence-corrected chi connectivity index (χ2v) is 6.99. The number of rotatable bonds is 5. The van der Waals surface area contributed by atoms with Crippen molar-refractivity contribution < 1.29 is 14.7 Å². The van der Waals surface area contributed by atoms with E-state index in [0.29, 0.717) is 31.8 Å². The molecule has 130 valence electrons. The van der Waals surface area contributed by atoms with Gasteiger partial charge in [0.1, 0.15) is 5.82 Å². The molecule has 0 aromatic carbocycles. The summed E-state index contributed by atoms with van der Waals surface area (Å²) in [5.74, 6) is 0.371. The van der Waals surface area contributed by atoms with E-state index in [4.69, 9.17) is 0 Å². The van der Waals surface area contributed by atoms with Crippen LogP contribution in [0.4, 0.5) is 4.79 Å². The molecule has 2 heterocycles. The SMILES string of the molecule is CC1CC(C(=O)O)CN(C(=O)NCCc2cnc(C3CC3)nc2)C1. The number of carbonyl (C=O) groups is 2. The monoisotopic (exact) mass is 332 g/mol. The number of carboxylic acids is 1. The lowest BCUT2D eigenvalue weighted by atomic mass is 9.91. The molecule has 1 aliphatic heterocycles. The molecule has 1 saturated heterocycles. The number of aliphatic carboxylic acids is 1. The van der Waals surface area contributed by atoms with Crippen LogP contribution in [-0.2, 0) is 11.2 Å². The van der Waals surface area contributed by atoms with Crippen LogP contribution in [0.1, 0.15) is 43.5 Å². The molecule has 0 spiro atoms. The van der Waals surface area contributed by atoms with Crippen LogP contribution in [0.3, 0.4) is 0 Å². The first-order valence-corrected chi connectivity index (χ1v) is 8.59. The van der Waals surface area contributed by atoms with Crippen LogP contribution in [0.2, 0.25) is 0 Å². The third-order valence-electron chi connectivity index (χ3n) is 4.65. The second kappa shape index (κ2) is 7.15. The van der Waals surface area contributed by atoms with Gasteiger partial charge in [0.25, 0.3) is 0 Å². The minimum Gasteiger partial charge on any atom is -0.481 e. The number of likely N-dealkylation sites (tertiary alicyclic amines) is 1. The van der Waals surface area contributed by atoms with Gasteiger partial charge in [0.15, 0.2) is 0 Å². The fourth-order valence-corrected chi connectivity index (χ4v) is 3.17. The number of carbonyl (C=O) groups excluding carboxylic acids is 1. The van der Waals surface area contributed by atoms with E-state index in [1.165, 1.54) is 12.8 Å². The van der Waals surface area contributed by atoms with Gasteiger partial charge in [-0.1, -0.05) is 6.92 Å². The maximum atomic E-state index is 12.2. The summed E-state index contributed by atoms with van der Waals surface area (Å²) in [6.45, 7) is 3.36. The third-order valence-corrected chi connectivity index (χ3v) is 4.65. The summed E-state index contributed by atoms with van der Waals surface area (Å²) >= 11 is 0. The van der Waals surface area contributed by atoms with E-state index in [-0.39, 0.29) is 18.5 Å². The highest BCUT2D eigenvalue weighted by Gasteiger charge is 2.31. The first-order chi connectivity index (χ1) is 11.5. The lowest BCUT2D eigenvalue weighted by molar-refractivity contribution is -0.143. The Morgan fingerprint density at radius 1 is 1.29 bits per heavy atom. The molecule has 1 aromatic heterocycles. The normalized spacial score (nSPS) is 23.8. The van der Waals surface area contributed by atoms with E-state index in [1.807, 2.05) is 19.3 Å². The lowest BCUT2D eigenvalue weighted by Crippen LogP contribution is -2.49. The Bertz CT molecular complexity index is 600. The minimum atomic E-state index is -0.827. The Morgan fingerprint density at radius 3 is 2.62 bits per heavy atom. The molecule has 2 amide bonds. The van der Waals surface area contributed by atoms with Gasteiger partial charge in [-0.15, -0.1) is 0 Å². The second-order valence-electron chi connectivity index (χ2n) is 6.99. The number of nitrogens with zero attached hydrogens (tertiary/aromatic N) is 3. The molecule has 0 radical (unpaired) electrons. The van der Waals surface area contributed by atoms with Crippen LogP contribution in [-0.4, -0.2) is 51.6 Å². The quantitative estimate of drug-likeness (QED) is 0.855. The van der Waals surface area contributed by atoms with Gasteiger partial charge in [0, 0.05) is 37.9 Å². The summed E-state index contributed by atoms with van der Waals surface area (Å²) in [6.07, 6.45) is 7.32. The molecule has 7 heteroatoms. The van der Waals surface area contributed by atoms with Gasteiger partial charge in [0.2, 0.25) is 0 Å². The molecule has 2 aliphatic rings. The molecule has 0 bridgehead atoms. The molecule has 2 unspecified atom stereocenters. The standard InChI is InChI=1S/C17H24N4O3/c1-11-6-14(16(22)23)10-21(9-11)17(24)18-5-4-12-7-19-15(20-8-12)13-2-3-13/h7-8,11,13-14H,2-6,9-10H2,1H3,(H,18,24)(H,22,23). The summed E-state index contributed by atoms with van der Waals surface area (Å²) in [5, 5.41) is 12.0. The molecular weight excluding hydrogens is 308 g/mol. The number of carboxylic acid groups (broad SMARTS) is 1. The Kier molecular flexibility index (Phi) is 4.97. The van der Waals surface area contributed by atoms with E-state index in [0.717, 1.165) is 11.4 Å². The summed E-state index contributed by atoms with van der Waals surface area (Å²) < 4.78 is 0. The Hall–Kier alpha value is -2.18. The maximum absolute atomic E-state index is 12.2. The third kappa shape index (κ3) is 4.21. The zero-order valence-electron chi connectivity index (χ0n) is 13.9. The highest BCUT2D eigenvalue weighted by atomic mass is 16.4. The molecule has 2 fully saturated rings. The molecule has 2 N–H and O–H groups in total. The number of hydrogen-bond donors (Lipinski definition) is 2. The van der Waals surface area contributed by atoms with Crippen LogP contribution >= 0.6 is 0 Å². The van der Waals surface area contributed by atoms with Crippen LogP contribution in [0.15, 0.2) is 12.4 Å². The van der Waals surface area contributed by atoms with Gasteiger partial charge in [-0.2, -0.15) is 0 Å². The first-order valence-electron chi connectivity index (χ1n) is 8.59. The van der Waals surface area contributed by atoms with Gasteiger partial charge in [-0.3, -0.25) is 4.79 Å². The number of nitrogens with one attached hydrogen (secondary N) is 1. The number of hydrogen-bond acceptors (Lipinski definition) is 4. The first kappa shape index (κ1) is 16.7. The van der Waals surface area contributed by atoms with E-state index >= 15 is 0 Å². The molecular formula is C17H24N4O3. The van der Waals surface area contributed by atoms with Gasteiger partial charge in [-0.05, 0) is 37.2 Å². The van der Waals surface area contributed by atoms with E-state index in [2.05, 4.69) is 15.3 Å². The van der Waals surface area contributed by atoms with Gasteiger partial charge in [0.05, 0.1) is 5.92 Å². The maximum Gasteiger partial charge on any atom is 0.317 e. The molecule has 2 atom stereocenters. The molecule has 24 heavy (non-hydrogen) atoms. The number of piperidine rings is 1. The highest BCUT2D eigenvalue weighted by Crippen LogP contribution is 2.37. The predicted molar refractivity (Wildman–Crippen MR) is 87.6 cm³/mol. The minimum absolute atomic E-state index is 0.191. The lowest BCUT2D eigenvalue weighted by Gasteiger charge is -2.34. The molecule has 1 aromatic rings.